The largest absolute Gasteiger partial charge is 0.454 e. The minimum Gasteiger partial charge on any atom is -0.454 e. The third-order valence-electron chi connectivity index (χ3n) is 2.90. The van der Waals surface area contributed by atoms with E-state index in [4.69, 9.17) is 20.9 Å². The summed E-state index contributed by atoms with van der Waals surface area (Å²) in [7, 11) is 0. The molecule has 0 aromatic heterocycles. The lowest BCUT2D eigenvalue weighted by molar-refractivity contribution is 0.174. The molecular weight excluding hydrogens is 270 g/mol. The first kappa shape index (κ1) is 15.0. The number of ether oxygens (including phenoxy) is 2. The van der Waals surface area contributed by atoms with E-state index < -0.39 is 0 Å². The van der Waals surface area contributed by atoms with Gasteiger partial charge in [-0.15, -0.1) is 0 Å². The fraction of sp³-hybridized carbons (Fsp3) is 0.429. The third-order valence-corrected chi connectivity index (χ3v) is 2.90. The minimum absolute atomic E-state index is 0.0107. The normalized spacial score (nSPS) is 13.1. The van der Waals surface area contributed by atoms with Crippen molar-refractivity contribution in [3.8, 4) is 11.5 Å². The zero-order valence-electron chi connectivity index (χ0n) is 12.1. The summed E-state index contributed by atoms with van der Waals surface area (Å²) in [4.78, 5) is 8.38. The monoisotopic (exact) mass is 291 g/mol. The predicted molar refractivity (Wildman–Crippen MR) is 82.4 cm³/mol. The summed E-state index contributed by atoms with van der Waals surface area (Å²) < 4.78 is 10.6. The van der Waals surface area contributed by atoms with Gasteiger partial charge in [0.05, 0.1) is 6.54 Å². The topological polar surface area (TPSA) is 107 Å². The number of nitrogens with two attached hydrogens (primary N) is 2. The molecule has 0 atom stereocenters. The number of unbranched alkanes of at least 4 members (excludes halogenated alkanes) is 1. The summed E-state index contributed by atoms with van der Waals surface area (Å²) in [5.74, 6) is 1.93. The molecule has 0 aliphatic carbocycles. The van der Waals surface area contributed by atoms with Gasteiger partial charge in [-0.1, -0.05) is 19.4 Å². The Kier molecular flexibility index (Phi) is 5.25. The fourth-order valence-corrected chi connectivity index (χ4v) is 1.84. The van der Waals surface area contributed by atoms with Crippen LogP contribution in [0.3, 0.4) is 0 Å². The van der Waals surface area contributed by atoms with Crippen LogP contribution in [-0.4, -0.2) is 25.3 Å². The lowest BCUT2D eigenvalue weighted by atomic mass is 10.2. The van der Waals surface area contributed by atoms with Crippen molar-refractivity contribution >= 4 is 11.9 Å². The Bertz CT molecular complexity index is 538. The van der Waals surface area contributed by atoms with Gasteiger partial charge in [0.25, 0.3) is 0 Å². The molecule has 1 aromatic rings. The van der Waals surface area contributed by atoms with Gasteiger partial charge in [-0.25, -0.2) is 4.99 Å². The molecule has 1 aromatic carbocycles. The summed E-state index contributed by atoms with van der Waals surface area (Å²) in [6, 6.07) is 5.72. The van der Waals surface area contributed by atoms with Gasteiger partial charge in [0.1, 0.15) is 0 Å². The van der Waals surface area contributed by atoms with Crippen LogP contribution in [0.5, 0.6) is 11.5 Å². The quantitative estimate of drug-likeness (QED) is 0.425. The highest BCUT2D eigenvalue weighted by Gasteiger charge is 2.12. The lowest BCUT2D eigenvalue weighted by Crippen LogP contribution is -2.30. The average Bonchev–Trinajstić information content (AvgIpc) is 2.91. The van der Waals surface area contributed by atoms with Crippen LogP contribution in [0.4, 0.5) is 0 Å². The number of hydrogen-bond acceptors (Lipinski definition) is 3. The van der Waals surface area contributed by atoms with E-state index in [-0.39, 0.29) is 12.8 Å². The molecule has 1 aliphatic heterocycles. The Hall–Kier alpha value is -2.44. The van der Waals surface area contributed by atoms with Crippen LogP contribution in [0.15, 0.2) is 28.2 Å². The summed E-state index contributed by atoms with van der Waals surface area (Å²) >= 11 is 0. The van der Waals surface area contributed by atoms with E-state index in [1.807, 2.05) is 18.2 Å². The van der Waals surface area contributed by atoms with Gasteiger partial charge in [0.15, 0.2) is 17.5 Å². The van der Waals surface area contributed by atoms with Gasteiger partial charge in [-0.3, -0.25) is 0 Å². The van der Waals surface area contributed by atoms with Crippen molar-refractivity contribution in [2.75, 3.05) is 13.3 Å². The first-order valence-corrected chi connectivity index (χ1v) is 6.95. The Balaban J connectivity index is 2.02. The highest BCUT2D eigenvalue weighted by Crippen LogP contribution is 2.32. The smallest absolute Gasteiger partial charge is 0.231 e. The second-order valence-corrected chi connectivity index (χ2v) is 4.64. The van der Waals surface area contributed by atoms with Gasteiger partial charge in [0.2, 0.25) is 12.8 Å². The zero-order valence-corrected chi connectivity index (χ0v) is 12.1. The highest BCUT2D eigenvalue weighted by molar-refractivity contribution is 5.93. The maximum atomic E-state index is 5.41. The molecule has 0 unspecified atom stereocenters. The van der Waals surface area contributed by atoms with E-state index in [9.17, 15) is 0 Å². The number of rotatable bonds is 5. The molecule has 1 heterocycles. The van der Waals surface area contributed by atoms with E-state index >= 15 is 0 Å². The molecule has 0 radical (unpaired) electrons. The maximum Gasteiger partial charge on any atom is 0.231 e. The van der Waals surface area contributed by atoms with Gasteiger partial charge >= 0.3 is 0 Å². The van der Waals surface area contributed by atoms with Crippen molar-refractivity contribution in [2.24, 2.45) is 21.5 Å². The Morgan fingerprint density at radius 3 is 2.86 bits per heavy atom. The minimum atomic E-state index is -0.0107. The molecule has 0 saturated carbocycles. The molecule has 21 heavy (non-hydrogen) atoms. The van der Waals surface area contributed by atoms with Gasteiger partial charge in [0, 0.05) is 6.54 Å². The van der Waals surface area contributed by atoms with Crippen molar-refractivity contribution in [1.82, 2.24) is 5.32 Å². The van der Waals surface area contributed by atoms with Gasteiger partial charge in [-0.05, 0) is 24.1 Å². The molecule has 114 valence electrons. The molecule has 0 saturated heterocycles. The van der Waals surface area contributed by atoms with Gasteiger partial charge < -0.3 is 26.3 Å². The van der Waals surface area contributed by atoms with Crippen LogP contribution >= 0.6 is 0 Å². The fourth-order valence-electron chi connectivity index (χ4n) is 1.84. The first-order valence-electron chi connectivity index (χ1n) is 6.95. The average molecular weight is 291 g/mol. The maximum absolute atomic E-state index is 5.41. The van der Waals surface area contributed by atoms with Crippen LogP contribution < -0.4 is 26.3 Å². The molecule has 0 spiro atoms. The van der Waals surface area contributed by atoms with E-state index in [0.29, 0.717) is 12.5 Å². The number of hydrogen-bond donors (Lipinski definition) is 3. The number of guanidine groups is 2. The number of aliphatic imine (C=N–C) groups is 2. The SMILES string of the molecule is CCCCNC(N=C(N)N)=NCc1ccc2c(c1)OCO2. The van der Waals surface area contributed by atoms with E-state index in [1.54, 1.807) is 0 Å². The molecule has 0 amide bonds. The van der Waals surface area contributed by atoms with E-state index in [0.717, 1.165) is 36.4 Å². The van der Waals surface area contributed by atoms with Crippen LogP contribution in [0.2, 0.25) is 0 Å². The molecule has 5 N–H and O–H groups in total. The van der Waals surface area contributed by atoms with Crippen LogP contribution in [-0.2, 0) is 6.54 Å². The molecule has 0 bridgehead atoms. The summed E-state index contributed by atoms with van der Waals surface area (Å²) in [6.07, 6.45) is 2.12. The van der Waals surface area contributed by atoms with Crippen molar-refractivity contribution in [1.29, 1.82) is 0 Å². The van der Waals surface area contributed by atoms with Crippen molar-refractivity contribution in [3.05, 3.63) is 23.8 Å². The molecule has 7 nitrogen and oxygen atoms in total. The zero-order chi connectivity index (χ0) is 15.1. The number of nitrogens with zero attached hydrogens (tertiary/aromatic N) is 2. The number of nitrogens with one attached hydrogen (secondary N) is 1. The Morgan fingerprint density at radius 2 is 2.10 bits per heavy atom. The van der Waals surface area contributed by atoms with Crippen LogP contribution in [0.25, 0.3) is 0 Å². The second kappa shape index (κ2) is 7.37. The van der Waals surface area contributed by atoms with E-state index in [2.05, 4.69) is 22.2 Å². The van der Waals surface area contributed by atoms with Crippen molar-refractivity contribution in [2.45, 2.75) is 26.3 Å². The van der Waals surface area contributed by atoms with Crippen molar-refractivity contribution < 1.29 is 9.47 Å². The summed E-state index contributed by atoms with van der Waals surface area (Å²) in [5, 5.41) is 3.12. The number of benzene rings is 1. The van der Waals surface area contributed by atoms with Crippen molar-refractivity contribution in [3.63, 3.8) is 0 Å². The molecule has 2 rings (SSSR count). The highest BCUT2D eigenvalue weighted by atomic mass is 16.7. The lowest BCUT2D eigenvalue weighted by Gasteiger charge is -2.06. The first-order chi connectivity index (χ1) is 10.2. The van der Waals surface area contributed by atoms with Gasteiger partial charge in [-0.2, -0.15) is 4.99 Å². The molecule has 1 aliphatic rings. The van der Waals surface area contributed by atoms with Crippen LogP contribution in [0.1, 0.15) is 25.3 Å². The summed E-state index contributed by atoms with van der Waals surface area (Å²) in [6.45, 7) is 3.63. The second-order valence-electron chi connectivity index (χ2n) is 4.64. The predicted octanol–water partition coefficient (Wildman–Crippen LogP) is 0.934. The standard InChI is InChI=1S/C14H21N5O2/c1-2-3-6-17-14(19-13(15)16)18-8-10-4-5-11-12(7-10)21-9-20-11/h4-5,7H,2-3,6,8-9H2,1H3,(H5,15,16,17,18,19). The summed E-state index contributed by atoms with van der Waals surface area (Å²) in [5.41, 5.74) is 11.8. The Labute approximate surface area is 124 Å². The third kappa shape index (κ3) is 4.55. The molecular formula is C14H21N5O2. The molecule has 0 fully saturated rings. The van der Waals surface area contributed by atoms with Crippen LogP contribution in [0, 0.1) is 0 Å². The molecule has 7 heteroatoms. The van der Waals surface area contributed by atoms with E-state index in [1.165, 1.54) is 0 Å². The Morgan fingerprint density at radius 1 is 1.29 bits per heavy atom. The number of fused-ring (bicyclic) bond motifs is 1.